The molecule has 0 aromatic rings. The predicted octanol–water partition coefficient (Wildman–Crippen LogP) is -0.950. The van der Waals surface area contributed by atoms with E-state index >= 15 is 0 Å². The van der Waals surface area contributed by atoms with Crippen LogP contribution in [-0.2, 0) is 19.1 Å². The number of nitrogens with zero attached hydrogens (tertiary/aromatic N) is 2. The van der Waals surface area contributed by atoms with E-state index in [-0.39, 0.29) is 30.9 Å². The number of amides is 3. The molecule has 0 bridgehead atoms. The number of carbonyl (C=O) groups excluding carboxylic acids is 3. The number of hydrogen-bond acceptors (Lipinski definition) is 6. The Balaban J connectivity index is 2.47. The molecule has 1 fully saturated rings. The molecule has 0 aromatic heterocycles. The highest BCUT2D eigenvalue weighted by molar-refractivity contribution is 5.96. The Hall–Kier alpha value is -1.67. The summed E-state index contributed by atoms with van der Waals surface area (Å²) >= 11 is 0. The van der Waals surface area contributed by atoms with E-state index in [2.05, 4.69) is 10.1 Å². The lowest BCUT2D eigenvalue weighted by atomic mass is 10.3. The molecule has 0 unspecified atom stereocenters. The number of carbonyl (C=O) groups is 3. The van der Waals surface area contributed by atoms with Crippen LogP contribution in [0.5, 0.6) is 0 Å². The molecule has 114 valence electrons. The molecule has 1 heterocycles. The molecule has 1 saturated heterocycles. The summed E-state index contributed by atoms with van der Waals surface area (Å²) in [5, 5.41) is 2.58. The zero-order valence-corrected chi connectivity index (χ0v) is 11.9. The molecule has 1 aliphatic heterocycles. The van der Waals surface area contributed by atoms with Crippen molar-refractivity contribution < 1.29 is 23.9 Å². The van der Waals surface area contributed by atoms with E-state index in [0.717, 1.165) is 0 Å². The summed E-state index contributed by atoms with van der Waals surface area (Å²) in [5.74, 6) is -0.611. The SMILES string of the molecule is COCCN(CCC(=O)OC)CC(=O)N1CCNC1=O. The molecule has 0 aliphatic carbocycles. The number of hydrogen-bond donors (Lipinski definition) is 1. The van der Waals surface area contributed by atoms with Gasteiger partial charge in [-0.25, -0.2) is 4.79 Å². The van der Waals surface area contributed by atoms with Crippen LogP contribution in [0.1, 0.15) is 6.42 Å². The van der Waals surface area contributed by atoms with Gasteiger partial charge in [0.25, 0.3) is 0 Å². The van der Waals surface area contributed by atoms with Gasteiger partial charge in [0, 0.05) is 33.3 Å². The second kappa shape index (κ2) is 8.49. The smallest absolute Gasteiger partial charge is 0.324 e. The van der Waals surface area contributed by atoms with Gasteiger partial charge in [-0.3, -0.25) is 19.4 Å². The summed E-state index contributed by atoms with van der Waals surface area (Å²) in [4.78, 5) is 37.5. The van der Waals surface area contributed by atoms with Gasteiger partial charge in [-0.15, -0.1) is 0 Å². The number of urea groups is 1. The van der Waals surface area contributed by atoms with Crippen molar-refractivity contribution in [2.24, 2.45) is 0 Å². The maximum absolute atomic E-state index is 12.0. The van der Waals surface area contributed by atoms with Gasteiger partial charge < -0.3 is 14.8 Å². The monoisotopic (exact) mass is 287 g/mol. The Morgan fingerprint density at radius 3 is 2.65 bits per heavy atom. The molecule has 0 radical (unpaired) electrons. The molecule has 20 heavy (non-hydrogen) atoms. The standard InChI is InChI=1S/C12H21N3O5/c1-19-8-7-14(5-3-11(17)20-2)9-10(16)15-6-4-13-12(15)18/h3-9H2,1-2H3,(H,13,18). The molecular weight excluding hydrogens is 266 g/mol. The number of imide groups is 1. The van der Waals surface area contributed by atoms with Crippen LogP contribution in [0.25, 0.3) is 0 Å². The fourth-order valence-electron chi connectivity index (χ4n) is 1.83. The Bertz CT molecular complexity index is 361. The minimum atomic E-state index is -0.366. The molecule has 0 atom stereocenters. The average Bonchev–Trinajstić information content (AvgIpc) is 2.87. The summed E-state index contributed by atoms with van der Waals surface area (Å²) in [7, 11) is 2.88. The molecule has 0 spiro atoms. The third-order valence-electron chi connectivity index (χ3n) is 2.99. The first-order valence-corrected chi connectivity index (χ1v) is 6.44. The van der Waals surface area contributed by atoms with E-state index in [1.165, 1.54) is 12.0 Å². The van der Waals surface area contributed by atoms with E-state index in [0.29, 0.717) is 32.8 Å². The van der Waals surface area contributed by atoms with E-state index in [4.69, 9.17) is 4.74 Å². The zero-order valence-electron chi connectivity index (χ0n) is 11.9. The van der Waals surface area contributed by atoms with Gasteiger partial charge in [-0.1, -0.05) is 0 Å². The highest BCUT2D eigenvalue weighted by Gasteiger charge is 2.27. The number of esters is 1. The average molecular weight is 287 g/mol. The Morgan fingerprint density at radius 2 is 2.10 bits per heavy atom. The summed E-state index contributed by atoms with van der Waals surface area (Å²) in [6.07, 6.45) is 0.194. The molecule has 1 aliphatic rings. The third kappa shape index (κ3) is 5.14. The lowest BCUT2D eigenvalue weighted by molar-refractivity contribution is -0.141. The molecule has 1 N–H and O–H groups in total. The van der Waals surface area contributed by atoms with E-state index in [9.17, 15) is 14.4 Å². The summed E-state index contributed by atoms with van der Waals surface area (Å²) in [5.41, 5.74) is 0. The molecule has 0 aromatic carbocycles. The number of nitrogens with one attached hydrogen (secondary N) is 1. The fraction of sp³-hybridized carbons (Fsp3) is 0.750. The second-order valence-electron chi connectivity index (χ2n) is 4.37. The minimum Gasteiger partial charge on any atom is -0.469 e. The number of rotatable bonds is 8. The molecule has 8 nitrogen and oxygen atoms in total. The van der Waals surface area contributed by atoms with Crippen molar-refractivity contribution in [1.29, 1.82) is 0 Å². The first-order chi connectivity index (χ1) is 9.58. The van der Waals surface area contributed by atoms with Crippen LogP contribution in [0.4, 0.5) is 4.79 Å². The van der Waals surface area contributed by atoms with Gasteiger partial charge in [0.15, 0.2) is 0 Å². The van der Waals surface area contributed by atoms with Crippen molar-refractivity contribution in [1.82, 2.24) is 15.1 Å². The predicted molar refractivity (Wildman–Crippen MR) is 70.1 cm³/mol. The number of methoxy groups -OCH3 is 2. The van der Waals surface area contributed by atoms with Crippen LogP contribution in [-0.4, -0.2) is 81.3 Å². The summed E-state index contributed by atoms with van der Waals surface area (Å²) in [6, 6.07) is -0.366. The normalized spacial score (nSPS) is 14.6. The van der Waals surface area contributed by atoms with Crippen LogP contribution in [0, 0.1) is 0 Å². The lowest BCUT2D eigenvalue weighted by Crippen LogP contribution is -2.43. The van der Waals surface area contributed by atoms with Gasteiger partial charge in [0.2, 0.25) is 5.91 Å². The van der Waals surface area contributed by atoms with E-state index in [1.54, 1.807) is 12.0 Å². The van der Waals surface area contributed by atoms with Crippen molar-refractivity contribution in [2.75, 3.05) is 53.6 Å². The van der Waals surface area contributed by atoms with Crippen molar-refractivity contribution in [3.8, 4) is 0 Å². The molecule has 8 heteroatoms. The summed E-state index contributed by atoms with van der Waals surface area (Å²) in [6.45, 7) is 2.28. The third-order valence-corrected chi connectivity index (χ3v) is 2.99. The maximum atomic E-state index is 12.0. The highest BCUT2D eigenvalue weighted by atomic mass is 16.5. The largest absolute Gasteiger partial charge is 0.469 e. The van der Waals surface area contributed by atoms with Crippen molar-refractivity contribution in [3.05, 3.63) is 0 Å². The minimum absolute atomic E-state index is 0.0772. The molecule has 1 rings (SSSR count). The molecule has 0 saturated carbocycles. The van der Waals surface area contributed by atoms with Crippen molar-refractivity contribution >= 4 is 17.9 Å². The quantitative estimate of drug-likeness (QED) is 0.579. The molecular formula is C12H21N3O5. The van der Waals surface area contributed by atoms with Gasteiger partial charge in [0.05, 0.1) is 26.7 Å². The van der Waals surface area contributed by atoms with Crippen LogP contribution in [0.2, 0.25) is 0 Å². The first kappa shape index (κ1) is 16.4. The summed E-state index contributed by atoms with van der Waals surface area (Å²) < 4.78 is 9.54. The van der Waals surface area contributed by atoms with E-state index in [1.807, 2.05) is 0 Å². The van der Waals surface area contributed by atoms with Crippen LogP contribution in [0.3, 0.4) is 0 Å². The fourth-order valence-corrected chi connectivity index (χ4v) is 1.83. The Labute approximate surface area is 118 Å². The Morgan fingerprint density at radius 1 is 1.35 bits per heavy atom. The second-order valence-corrected chi connectivity index (χ2v) is 4.37. The van der Waals surface area contributed by atoms with Crippen molar-refractivity contribution in [3.63, 3.8) is 0 Å². The van der Waals surface area contributed by atoms with Gasteiger partial charge in [0.1, 0.15) is 0 Å². The highest BCUT2D eigenvalue weighted by Crippen LogP contribution is 2.01. The van der Waals surface area contributed by atoms with E-state index < -0.39 is 0 Å². The maximum Gasteiger partial charge on any atom is 0.324 e. The molecule has 3 amide bonds. The first-order valence-electron chi connectivity index (χ1n) is 6.44. The topological polar surface area (TPSA) is 88.2 Å². The van der Waals surface area contributed by atoms with Gasteiger partial charge in [-0.05, 0) is 0 Å². The van der Waals surface area contributed by atoms with Crippen LogP contribution < -0.4 is 5.32 Å². The van der Waals surface area contributed by atoms with Crippen LogP contribution in [0.15, 0.2) is 0 Å². The van der Waals surface area contributed by atoms with Gasteiger partial charge >= 0.3 is 12.0 Å². The number of ether oxygens (including phenoxy) is 2. The lowest BCUT2D eigenvalue weighted by Gasteiger charge is -2.22. The zero-order chi connectivity index (χ0) is 15.0. The Kier molecular flexibility index (Phi) is 6.96. The van der Waals surface area contributed by atoms with Crippen molar-refractivity contribution in [2.45, 2.75) is 6.42 Å². The van der Waals surface area contributed by atoms with Gasteiger partial charge in [-0.2, -0.15) is 0 Å². The van der Waals surface area contributed by atoms with Crippen LogP contribution >= 0.6 is 0 Å².